The molecule has 0 fully saturated rings. The van der Waals surface area contributed by atoms with Crippen molar-refractivity contribution < 1.29 is 14.6 Å². The summed E-state index contributed by atoms with van der Waals surface area (Å²) in [5.41, 5.74) is 6.30. The SMILES string of the molecule is NCCC[C@@H](CO)NC(=O)OCc1ccccc1. The molecule has 0 saturated heterocycles. The van der Waals surface area contributed by atoms with Crippen LogP contribution in [0.5, 0.6) is 0 Å². The number of ether oxygens (including phenoxy) is 1. The predicted octanol–water partition coefficient (Wildman–Crippen LogP) is 1.01. The summed E-state index contributed by atoms with van der Waals surface area (Å²) in [5, 5.41) is 11.7. The summed E-state index contributed by atoms with van der Waals surface area (Å²) in [4.78, 5) is 11.5. The van der Waals surface area contributed by atoms with Crippen molar-refractivity contribution in [1.29, 1.82) is 0 Å². The number of carbonyl (C=O) groups excluding carboxylic acids is 1. The Bertz CT molecular complexity index is 343. The van der Waals surface area contributed by atoms with E-state index in [9.17, 15) is 4.79 Å². The number of rotatable bonds is 7. The van der Waals surface area contributed by atoms with E-state index in [0.29, 0.717) is 13.0 Å². The third kappa shape index (κ3) is 5.65. The van der Waals surface area contributed by atoms with E-state index in [4.69, 9.17) is 15.6 Å². The molecular weight excluding hydrogens is 232 g/mol. The molecule has 0 radical (unpaired) electrons. The van der Waals surface area contributed by atoms with Crippen LogP contribution in [0.3, 0.4) is 0 Å². The van der Waals surface area contributed by atoms with Crippen LogP contribution in [-0.4, -0.2) is 30.4 Å². The second kappa shape index (κ2) is 8.49. The molecule has 0 saturated carbocycles. The van der Waals surface area contributed by atoms with E-state index in [1.165, 1.54) is 0 Å². The lowest BCUT2D eigenvalue weighted by atomic mass is 10.2. The molecule has 1 aromatic rings. The van der Waals surface area contributed by atoms with Crippen LogP contribution in [0.4, 0.5) is 4.79 Å². The minimum atomic E-state index is -0.519. The van der Waals surface area contributed by atoms with E-state index >= 15 is 0 Å². The van der Waals surface area contributed by atoms with Crippen molar-refractivity contribution in [2.24, 2.45) is 5.73 Å². The van der Waals surface area contributed by atoms with Gasteiger partial charge in [-0.1, -0.05) is 30.3 Å². The molecule has 0 aliphatic rings. The smallest absolute Gasteiger partial charge is 0.407 e. The summed E-state index contributed by atoms with van der Waals surface area (Å²) < 4.78 is 5.05. The zero-order valence-electron chi connectivity index (χ0n) is 10.3. The molecule has 0 heterocycles. The van der Waals surface area contributed by atoms with Crippen LogP contribution in [0.2, 0.25) is 0 Å². The summed E-state index contributed by atoms with van der Waals surface area (Å²) in [6.45, 7) is 0.652. The maximum atomic E-state index is 11.5. The third-order valence-corrected chi connectivity index (χ3v) is 2.51. The molecule has 100 valence electrons. The van der Waals surface area contributed by atoms with E-state index in [1.807, 2.05) is 30.3 Å². The van der Waals surface area contributed by atoms with Gasteiger partial charge in [-0.15, -0.1) is 0 Å². The lowest BCUT2D eigenvalue weighted by molar-refractivity contribution is 0.128. The van der Waals surface area contributed by atoms with Gasteiger partial charge in [0.15, 0.2) is 0 Å². The Balaban J connectivity index is 2.28. The molecule has 0 aliphatic heterocycles. The molecule has 0 aliphatic carbocycles. The minimum absolute atomic E-state index is 0.111. The molecule has 1 amide bonds. The van der Waals surface area contributed by atoms with Crippen LogP contribution in [0.25, 0.3) is 0 Å². The molecule has 5 nitrogen and oxygen atoms in total. The van der Waals surface area contributed by atoms with Gasteiger partial charge in [-0.3, -0.25) is 0 Å². The molecule has 0 spiro atoms. The van der Waals surface area contributed by atoms with Gasteiger partial charge in [-0.05, 0) is 24.9 Å². The Labute approximate surface area is 107 Å². The van der Waals surface area contributed by atoms with Gasteiger partial charge in [0.05, 0.1) is 12.6 Å². The van der Waals surface area contributed by atoms with Crippen molar-refractivity contribution in [3.05, 3.63) is 35.9 Å². The third-order valence-electron chi connectivity index (χ3n) is 2.51. The number of aliphatic hydroxyl groups is 1. The Kier molecular flexibility index (Phi) is 6.83. The van der Waals surface area contributed by atoms with Gasteiger partial charge < -0.3 is 20.9 Å². The van der Waals surface area contributed by atoms with Gasteiger partial charge in [0.2, 0.25) is 0 Å². The average Bonchev–Trinajstić information content (AvgIpc) is 2.42. The average molecular weight is 252 g/mol. The number of hydrogen-bond acceptors (Lipinski definition) is 4. The van der Waals surface area contributed by atoms with E-state index in [1.54, 1.807) is 0 Å². The van der Waals surface area contributed by atoms with Crippen molar-refractivity contribution in [2.75, 3.05) is 13.2 Å². The molecular formula is C13H20N2O3. The van der Waals surface area contributed by atoms with Crippen LogP contribution in [0, 0.1) is 0 Å². The van der Waals surface area contributed by atoms with E-state index in [-0.39, 0.29) is 19.3 Å². The number of amides is 1. The number of alkyl carbamates (subject to hydrolysis) is 1. The van der Waals surface area contributed by atoms with Crippen LogP contribution < -0.4 is 11.1 Å². The number of carbonyl (C=O) groups is 1. The first kappa shape index (κ1) is 14.5. The van der Waals surface area contributed by atoms with E-state index < -0.39 is 6.09 Å². The lowest BCUT2D eigenvalue weighted by Crippen LogP contribution is -2.38. The Hall–Kier alpha value is -1.59. The second-order valence-electron chi connectivity index (χ2n) is 4.02. The summed E-state index contributed by atoms with van der Waals surface area (Å²) in [6, 6.07) is 9.13. The predicted molar refractivity (Wildman–Crippen MR) is 68.9 cm³/mol. The first-order valence-corrected chi connectivity index (χ1v) is 6.04. The fraction of sp³-hybridized carbons (Fsp3) is 0.462. The summed E-state index contributed by atoms with van der Waals surface area (Å²) in [5.74, 6) is 0. The first-order chi connectivity index (χ1) is 8.76. The number of nitrogens with two attached hydrogens (primary N) is 1. The molecule has 5 heteroatoms. The maximum Gasteiger partial charge on any atom is 0.407 e. The highest BCUT2D eigenvalue weighted by molar-refractivity contribution is 5.67. The van der Waals surface area contributed by atoms with Crippen LogP contribution >= 0.6 is 0 Å². The molecule has 18 heavy (non-hydrogen) atoms. The second-order valence-corrected chi connectivity index (χ2v) is 4.02. The first-order valence-electron chi connectivity index (χ1n) is 6.04. The van der Waals surface area contributed by atoms with Crippen LogP contribution in [0.15, 0.2) is 30.3 Å². The van der Waals surface area contributed by atoms with Crippen LogP contribution in [-0.2, 0) is 11.3 Å². The lowest BCUT2D eigenvalue weighted by Gasteiger charge is -2.15. The number of benzene rings is 1. The van der Waals surface area contributed by atoms with Gasteiger partial charge in [0.1, 0.15) is 6.61 Å². The van der Waals surface area contributed by atoms with Gasteiger partial charge in [0, 0.05) is 0 Å². The normalized spacial score (nSPS) is 11.9. The van der Waals surface area contributed by atoms with Crippen LogP contribution in [0.1, 0.15) is 18.4 Å². The van der Waals surface area contributed by atoms with E-state index in [2.05, 4.69) is 5.32 Å². The highest BCUT2D eigenvalue weighted by Gasteiger charge is 2.11. The number of nitrogens with one attached hydrogen (secondary N) is 1. The molecule has 1 atom stereocenters. The molecule has 1 aromatic carbocycles. The Morgan fingerprint density at radius 1 is 1.39 bits per heavy atom. The molecule has 4 N–H and O–H groups in total. The summed E-state index contributed by atoms with van der Waals surface area (Å²) >= 11 is 0. The fourth-order valence-electron chi connectivity index (χ4n) is 1.50. The minimum Gasteiger partial charge on any atom is -0.445 e. The summed E-state index contributed by atoms with van der Waals surface area (Å²) in [6.07, 6.45) is 0.882. The Morgan fingerprint density at radius 2 is 2.11 bits per heavy atom. The van der Waals surface area contributed by atoms with Crippen molar-refractivity contribution in [3.8, 4) is 0 Å². The number of aliphatic hydroxyl groups excluding tert-OH is 1. The van der Waals surface area contributed by atoms with Gasteiger partial charge >= 0.3 is 6.09 Å². The van der Waals surface area contributed by atoms with Gasteiger partial charge in [0.25, 0.3) is 0 Å². The molecule has 0 aromatic heterocycles. The largest absolute Gasteiger partial charge is 0.445 e. The standard InChI is InChI=1S/C13H20N2O3/c14-8-4-7-12(9-16)15-13(17)18-10-11-5-2-1-3-6-11/h1-3,5-6,12,16H,4,7-10,14H2,(H,15,17)/t12-/m0/s1. The van der Waals surface area contributed by atoms with Crippen molar-refractivity contribution >= 4 is 6.09 Å². The number of hydrogen-bond donors (Lipinski definition) is 3. The zero-order valence-corrected chi connectivity index (χ0v) is 10.3. The molecule has 1 rings (SSSR count). The monoisotopic (exact) mass is 252 g/mol. The quantitative estimate of drug-likeness (QED) is 0.676. The van der Waals surface area contributed by atoms with Crippen molar-refractivity contribution in [3.63, 3.8) is 0 Å². The maximum absolute atomic E-state index is 11.5. The Morgan fingerprint density at radius 3 is 2.72 bits per heavy atom. The van der Waals surface area contributed by atoms with Gasteiger partial charge in [-0.2, -0.15) is 0 Å². The van der Waals surface area contributed by atoms with Crippen molar-refractivity contribution in [1.82, 2.24) is 5.32 Å². The van der Waals surface area contributed by atoms with Crippen molar-refractivity contribution in [2.45, 2.75) is 25.5 Å². The molecule has 0 bridgehead atoms. The molecule has 0 unspecified atom stereocenters. The fourth-order valence-corrected chi connectivity index (χ4v) is 1.50. The highest BCUT2D eigenvalue weighted by atomic mass is 16.5. The summed E-state index contributed by atoms with van der Waals surface area (Å²) in [7, 11) is 0. The van der Waals surface area contributed by atoms with E-state index in [0.717, 1.165) is 12.0 Å². The zero-order chi connectivity index (χ0) is 13.2. The highest BCUT2D eigenvalue weighted by Crippen LogP contribution is 2.01. The van der Waals surface area contributed by atoms with Gasteiger partial charge in [-0.25, -0.2) is 4.79 Å². The topological polar surface area (TPSA) is 84.6 Å².